The summed E-state index contributed by atoms with van der Waals surface area (Å²) < 4.78 is 14.6. The maximum Gasteiger partial charge on any atom is 0.184 e. The predicted molar refractivity (Wildman–Crippen MR) is 537 cm³/mol. The Morgan fingerprint density at radius 3 is 0.791 bits per heavy atom. The van der Waals surface area contributed by atoms with Crippen LogP contribution >= 0.6 is 0 Å². The maximum atomic E-state index is 5.71. The Kier molecular flexibility index (Phi) is 14.6. The zero-order valence-electron chi connectivity index (χ0n) is 72.0. The molecule has 8 nitrogen and oxygen atoms in total. The second-order valence-corrected chi connectivity index (χ2v) is 37.6. The Bertz CT molecular complexity index is 9310. The summed E-state index contributed by atoms with van der Waals surface area (Å²) in [5.74, 6) is 1.41. The van der Waals surface area contributed by atoms with Crippen molar-refractivity contribution in [3.8, 4) is 101 Å². The summed E-state index contributed by atoms with van der Waals surface area (Å²) in [7, 11) is 0. The molecule has 7 aromatic heterocycles. The summed E-state index contributed by atoms with van der Waals surface area (Å²) in [6.45, 7) is 14.2. The fourth-order valence-electron chi connectivity index (χ4n) is 23.8. The van der Waals surface area contributed by atoms with E-state index in [-0.39, 0.29) is 16.2 Å². The first kappa shape index (κ1) is 72.2. The monoisotopic (exact) mass is 1650 g/mol. The van der Waals surface area contributed by atoms with E-state index in [1.165, 1.54) is 132 Å². The zero-order valence-corrected chi connectivity index (χ0v) is 72.0. The van der Waals surface area contributed by atoms with Crippen molar-refractivity contribution >= 4 is 131 Å². The molecule has 129 heavy (non-hydrogen) atoms. The molecule has 0 spiro atoms. The number of fused-ring (bicyclic) bond motifs is 27. The molecule has 28 rings (SSSR count). The quantitative estimate of drug-likeness (QED) is 0.145. The van der Waals surface area contributed by atoms with Gasteiger partial charge in [0.1, 0.15) is 0 Å². The maximum absolute atomic E-state index is 5.71. The molecule has 0 amide bonds. The van der Waals surface area contributed by atoms with E-state index in [0.717, 1.165) is 122 Å². The average molecular weight is 1650 g/mol. The van der Waals surface area contributed by atoms with Gasteiger partial charge in [-0.15, -0.1) is 10.2 Å². The van der Waals surface area contributed by atoms with E-state index in [2.05, 4.69) is 457 Å². The van der Waals surface area contributed by atoms with Gasteiger partial charge in [-0.3, -0.25) is 9.13 Å². The van der Waals surface area contributed by atoms with E-state index >= 15 is 0 Å². The van der Waals surface area contributed by atoms with E-state index in [4.69, 9.17) is 10.2 Å². The minimum atomic E-state index is -0.154. The number of aromatic nitrogens is 8. The number of hydrogen-bond donors (Lipinski definition) is 0. The minimum absolute atomic E-state index is 0.147. The van der Waals surface area contributed by atoms with E-state index in [9.17, 15) is 0 Å². The number of rotatable bonds is 9. The average Bonchev–Trinajstić information content (AvgIpc) is 1.62. The van der Waals surface area contributed by atoms with Crippen molar-refractivity contribution in [3.63, 3.8) is 0 Å². The van der Waals surface area contributed by atoms with E-state index in [1.54, 1.807) is 0 Å². The Morgan fingerprint density at radius 2 is 0.426 bits per heavy atom. The van der Waals surface area contributed by atoms with Crippen molar-refractivity contribution in [2.45, 2.75) is 57.8 Å². The smallest absolute Gasteiger partial charge is 0.184 e. The van der Waals surface area contributed by atoms with Crippen molar-refractivity contribution in [3.05, 3.63) is 422 Å². The van der Waals surface area contributed by atoms with Gasteiger partial charge in [-0.1, -0.05) is 296 Å². The molecule has 0 fully saturated rings. The highest BCUT2D eigenvalue weighted by Gasteiger charge is 2.40. The molecule has 0 unspecified atom stereocenters. The van der Waals surface area contributed by atoms with Crippen molar-refractivity contribution in [2.24, 2.45) is 0 Å². The molecule has 3 aliphatic carbocycles. The molecule has 25 aromatic rings. The standard InChI is InChI=1S/C121H82N8/c1-119(2)98-34-16-7-25-80(98)83-55-49-77(67-101(83)119)124-104-37-19-10-28-86(104)92-52-43-74(64-113(92)124)71-46-58-110-95(61-71)89-31-13-22-40-107(89)127(110)116-70-117(128-108-41-23-14-32-90(108)96-62-72(47-59-111(96)128)75-44-53-93-87-29-11-20-38-105(87)125(114(93)65-75)78-50-56-84-81-26-8-17-35-99(81)120(3,4)102(84)68-78)122-123-118(116)129-109-42-24-15-33-91(109)97-63-73(48-60-112(97)129)76-45-54-94-88-30-12-21-39-106(88)126(115(94)66-76)79-51-57-85-82-27-9-18-36-100(82)121(5,6)103(85)69-79/h7-70H,1-6H3. The van der Waals surface area contributed by atoms with Crippen molar-refractivity contribution in [2.75, 3.05) is 0 Å². The second kappa shape index (κ2) is 26.0. The number of nitrogens with zero attached hydrogens (tertiary/aromatic N) is 8. The third kappa shape index (κ3) is 9.92. The van der Waals surface area contributed by atoms with Crippen LogP contribution in [0.4, 0.5) is 0 Å². The fraction of sp³-hybridized carbons (Fsp3) is 0.0744. The molecule has 0 N–H and O–H groups in total. The molecule has 0 saturated carbocycles. The van der Waals surface area contributed by atoms with Crippen LogP contribution in [0.2, 0.25) is 0 Å². The molecule has 8 heteroatoms. The molecule has 606 valence electrons. The van der Waals surface area contributed by atoms with Crippen LogP contribution in [0.3, 0.4) is 0 Å². The molecule has 18 aromatic carbocycles. The van der Waals surface area contributed by atoms with Gasteiger partial charge in [-0.2, -0.15) is 0 Å². The lowest BCUT2D eigenvalue weighted by Crippen LogP contribution is -2.15. The molecular formula is C121H82N8. The van der Waals surface area contributed by atoms with E-state index in [0.29, 0.717) is 11.6 Å². The highest BCUT2D eigenvalue weighted by atomic mass is 15.3. The zero-order chi connectivity index (χ0) is 85.3. The summed E-state index contributed by atoms with van der Waals surface area (Å²) in [5.41, 5.74) is 40.0. The molecule has 7 heterocycles. The first-order chi connectivity index (χ1) is 63.2. The van der Waals surface area contributed by atoms with Gasteiger partial charge in [-0.05, 0) is 228 Å². The SMILES string of the molecule is CC1(C)c2ccccc2-c2ccc(-n3c4ccccc4c4ccc(-c5ccc6c(c5)c5ccccc5n6-c5cc(-n6c7ccccc7c7cc(-c8ccc9c%10ccccc%10n(-c%10ccc%11c(c%10)C(C)(C)c%10ccccc%10-%11)c9c8)ccc76)c(-n6c7ccccc7c7cc(-c8ccc9c%10ccccc%10n(-c%10ccc%11c(c%10)C(C)(C)c%10ccccc%10-%11)c9c8)ccc76)nn5)cc43)cc21. The van der Waals surface area contributed by atoms with Crippen LogP contribution in [0.15, 0.2) is 388 Å². The molecule has 0 bridgehead atoms. The van der Waals surface area contributed by atoms with Gasteiger partial charge >= 0.3 is 0 Å². The summed E-state index contributed by atoms with van der Waals surface area (Å²) >= 11 is 0. The third-order valence-corrected chi connectivity index (χ3v) is 29.9. The van der Waals surface area contributed by atoms with Crippen LogP contribution < -0.4 is 0 Å². The second-order valence-electron chi connectivity index (χ2n) is 37.6. The lowest BCUT2D eigenvalue weighted by Gasteiger charge is -2.22. The van der Waals surface area contributed by atoms with Gasteiger partial charge in [0, 0.05) is 104 Å². The number of para-hydroxylation sites is 6. The lowest BCUT2D eigenvalue weighted by atomic mass is 9.82. The summed E-state index contributed by atoms with van der Waals surface area (Å²) in [6.07, 6.45) is 0. The van der Waals surface area contributed by atoms with Crippen molar-refractivity contribution < 1.29 is 0 Å². The van der Waals surface area contributed by atoms with Crippen molar-refractivity contribution in [1.82, 2.24) is 37.6 Å². The Morgan fingerprint density at radius 1 is 0.171 bits per heavy atom. The normalized spacial score (nSPS) is 14.0. The van der Waals surface area contributed by atoms with Gasteiger partial charge in [-0.25, -0.2) is 0 Å². The van der Waals surface area contributed by atoms with Crippen molar-refractivity contribution in [1.29, 1.82) is 0 Å². The summed E-state index contributed by atoms with van der Waals surface area (Å²) in [5, 5.41) is 25.4. The highest BCUT2D eigenvalue weighted by molar-refractivity contribution is 6.18. The van der Waals surface area contributed by atoms with E-state index in [1.807, 2.05) is 0 Å². The Balaban J connectivity index is 0.624. The van der Waals surface area contributed by atoms with E-state index < -0.39 is 0 Å². The largest absolute Gasteiger partial charge is 0.309 e. The lowest BCUT2D eigenvalue weighted by molar-refractivity contribution is 0.660. The first-order valence-electron chi connectivity index (χ1n) is 45.1. The Hall–Kier alpha value is -16.2. The van der Waals surface area contributed by atoms with Crippen LogP contribution in [0.1, 0.15) is 74.9 Å². The Labute approximate surface area is 743 Å². The van der Waals surface area contributed by atoms with Crippen LogP contribution in [-0.4, -0.2) is 37.6 Å². The topological polar surface area (TPSA) is 55.4 Å². The van der Waals surface area contributed by atoms with Crippen LogP contribution in [0, 0.1) is 0 Å². The highest BCUT2D eigenvalue weighted by Crippen LogP contribution is 2.55. The fourth-order valence-corrected chi connectivity index (χ4v) is 23.8. The summed E-state index contributed by atoms with van der Waals surface area (Å²) in [6, 6.07) is 146. The molecular weight excluding hydrogens is 1570 g/mol. The number of hydrogen-bond acceptors (Lipinski definition) is 2. The predicted octanol–water partition coefficient (Wildman–Crippen LogP) is 31.0. The third-order valence-electron chi connectivity index (χ3n) is 29.9. The molecule has 0 aliphatic heterocycles. The van der Waals surface area contributed by atoms with Crippen LogP contribution in [0.25, 0.3) is 232 Å². The minimum Gasteiger partial charge on any atom is -0.309 e. The molecule has 0 atom stereocenters. The van der Waals surface area contributed by atoms with Crippen LogP contribution in [0.5, 0.6) is 0 Å². The van der Waals surface area contributed by atoms with Gasteiger partial charge < -0.3 is 18.3 Å². The number of benzene rings is 18. The van der Waals surface area contributed by atoms with Gasteiger partial charge in [0.2, 0.25) is 0 Å². The van der Waals surface area contributed by atoms with Gasteiger partial charge in [0.05, 0.1) is 71.9 Å². The summed E-state index contributed by atoms with van der Waals surface area (Å²) in [4.78, 5) is 0. The molecule has 3 aliphatic rings. The molecule has 0 radical (unpaired) electrons. The van der Waals surface area contributed by atoms with Gasteiger partial charge in [0.25, 0.3) is 0 Å². The first-order valence-corrected chi connectivity index (χ1v) is 45.1. The molecule has 0 saturated heterocycles. The van der Waals surface area contributed by atoms with Gasteiger partial charge in [0.15, 0.2) is 11.6 Å². The van der Waals surface area contributed by atoms with Crippen LogP contribution in [-0.2, 0) is 16.2 Å².